The van der Waals surface area contributed by atoms with E-state index >= 15 is 0 Å². The van der Waals surface area contributed by atoms with Crippen molar-refractivity contribution in [3.63, 3.8) is 0 Å². The zero-order valence-electron chi connectivity index (χ0n) is 17.0. The van der Waals surface area contributed by atoms with Crippen molar-refractivity contribution in [2.45, 2.75) is 13.0 Å². The van der Waals surface area contributed by atoms with Crippen molar-refractivity contribution in [2.24, 2.45) is 0 Å². The minimum Gasteiger partial charge on any atom is -0.497 e. The molecular weight excluding hydrogens is 396 g/mol. The molecule has 7 nitrogen and oxygen atoms in total. The lowest BCUT2D eigenvalue weighted by molar-refractivity contribution is -0.123. The van der Waals surface area contributed by atoms with Crippen molar-refractivity contribution in [3.8, 4) is 17.2 Å². The molecule has 1 N–H and O–H groups in total. The van der Waals surface area contributed by atoms with Gasteiger partial charge in [-0.15, -0.1) is 0 Å². The minimum atomic E-state index is -1.01. The number of benzene rings is 3. The van der Waals surface area contributed by atoms with E-state index in [0.717, 1.165) is 0 Å². The molecule has 7 heteroatoms. The number of oxazole rings is 1. The summed E-state index contributed by atoms with van der Waals surface area (Å²) >= 11 is 0. The molecule has 3 aromatic carbocycles. The van der Waals surface area contributed by atoms with Gasteiger partial charge in [0.15, 0.2) is 11.7 Å². The third kappa shape index (κ3) is 4.40. The molecule has 0 bridgehead atoms. The van der Waals surface area contributed by atoms with Gasteiger partial charge in [0.25, 0.3) is 5.91 Å². The van der Waals surface area contributed by atoms with Crippen LogP contribution < -0.4 is 10.1 Å². The number of amides is 1. The molecule has 4 rings (SSSR count). The summed E-state index contributed by atoms with van der Waals surface area (Å²) in [6.45, 7) is 1.51. The number of rotatable bonds is 6. The van der Waals surface area contributed by atoms with E-state index in [-0.39, 0.29) is 5.56 Å². The highest BCUT2D eigenvalue weighted by Gasteiger charge is 2.23. The van der Waals surface area contributed by atoms with Crippen LogP contribution in [0.2, 0.25) is 0 Å². The van der Waals surface area contributed by atoms with E-state index in [0.29, 0.717) is 34.0 Å². The highest BCUT2D eigenvalue weighted by molar-refractivity contribution is 6.00. The third-order valence-electron chi connectivity index (χ3n) is 4.68. The maximum Gasteiger partial charge on any atom is 0.339 e. The number of hydrogen-bond donors (Lipinski definition) is 1. The Kier molecular flexibility index (Phi) is 5.66. The van der Waals surface area contributed by atoms with Gasteiger partial charge >= 0.3 is 5.97 Å². The predicted molar refractivity (Wildman–Crippen MR) is 116 cm³/mol. The first-order valence-electron chi connectivity index (χ1n) is 9.66. The van der Waals surface area contributed by atoms with Gasteiger partial charge in [-0.1, -0.05) is 24.3 Å². The van der Waals surface area contributed by atoms with Crippen LogP contribution in [0.3, 0.4) is 0 Å². The molecule has 1 aromatic heterocycles. The van der Waals surface area contributed by atoms with Crippen LogP contribution in [0.5, 0.6) is 5.75 Å². The minimum absolute atomic E-state index is 0.262. The number of para-hydroxylation sites is 2. The molecule has 0 aliphatic rings. The zero-order valence-corrected chi connectivity index (χ0v) is 17.0. The number of ether oxygens (including phenoxy) is 2. The Labute approximate surface area is 178 Å². The molecule has 1 heterocycles. The van der Waals surface area contributed by atoms with Crippen LogP contribution >= 0.6 is 0 Å². The fourth-order valence-electron chi connectivity index (χ4n) is 3.03. The number of anilines is 1. The van der Waals surface area contributed by atoms with Crippen molar-refractivity contribution in [2.75, 3.05) is 12.4 Å². The van der Waals surface area contributed by atoms with E-state index in [2.05, 4.69) is 10.3 Å². The van der Waals surface area contributed by atoms with Gasteiger partial charge in [0, 0.05) is 5.69 Å². The highest BCUT2D eigenvalue weighted by Crippen LogP contribution is 2.27. The quantitative estimate of drug-likeness (QED) is 0.459. The lowest BCUT2D eigenvalue weighted by atomic mass is 10.1. The van der Waals surface area contributed by atoms with Gasteiger partial charge in [-0.2, -0.15) is 0 Å². The lowest BCUT2D eigenvalue weighted by Gasteiger charge is -2.14. The zero-order chi connectivity index (χ0) is 21.8. The Bertz CT molecular complexity index is 1200. The van der Waals surface area contributed by atoms with E-state index in [9.17, 15) is 9.59 Å². The van der Waals surface area contributed by atoms with Crippen LogP contribution in [0.25, 0.3) is 22.6 Å². The number of carbonyl (C=O) groups excluding carboxylic acids is 2. The molecule has 0 radical (unpaired) electrons. The van der Waals surface area contributed by atoms with Gasteiger partial charge in [-0.05, 0) is 55.5 Å². The first kappa shape index (κ1) is 20.2. The number of esters is 1. The summed E-state index contributed by atoms with van der Waals surface area (Å²) in [5.41, 5.74) is 2.63. The number of nitrogens with zero attached hydrogens (tertiary/aromatic N) is 1. The van der Waals surface area contributed by atoms with Crippen LogP contribution in [0.1, 0.15) is 17.3 Å². The maximum absolute atomic E-state index is 12.8. The summed E-state index contributed by atoms with van der Waals surface area (Å²) in [6, 6.07) is 21.0. The average Bonchev–Trinajstić information content (AvgIpc) is 3.23. The van der Waals surface area contributed by atoms with E-state index in [1.807, 2.05) is 18.2 Å². The van der Waals surface area contributed by atoms with Crippen LogP contribution in [0.15, 0.2) is 77.2 Å². The predicted octanol–water partition coefficient (Wildman–Crippen LogP) is 4.69. The molecule has 1 atom stereocenters. The second kappa shape index (κ2) is 8.71. The molecule has 4 aromatic rings. The van der Waals surface area contributed by atoms with Crippen molar-refractivity contribution < 1.29 is 23.5 Å². The molecule has 0 aliphatic heterocycles. The van der Waals surface area contributed by atoms with E-state index in [1.54, 1.807) is 61.7 Å². The monoisotopic (exact) mass is 416 g/mol. The molecule has 1 amide bonds. The lowest BCUT2D eigenvalue weighted by Crippen LogP contribution is -2.30. The van der Waals surface area contributed by atoms with E-state index < -0.39 is 18.0 Å². The van der Waals surface area contributed by atoms with Crippen molar-refractivity contribution in [1.29, 1.82) is 0 Å². The van der Waals surface area contributed by atoms with Crippen molar-refractivity contribution in [1.82, 2.24) is 4.98 Å². The normalized spacial score (nSPS) is 11.7. The average molecular weight is 416 g/mol. The topological polar surface area (TPSA) is 90.7 Å². The van der Waals surface area contributed by atoms with Gasteiger partial charge < -0.3 is 19.2 Å². The number of aromatic nitrogens is 1. The highest BCUT2D eigenvalue weighted by atomic mass is 16.5. The van der Waals surface area contributed by atoms with Crippen LogP contribution in [-0.2, 0) is 9.53 Å². The van der Waals surface area contributed by atoms with Crippen molar-refractivity contribution >= 4 is 28.7 Å². The van der Waals surface area contributed by atoms with Crippen LogP contribution in [0, 0.1) is 0 Å². The van der Waals surface area contributed by atoms with Crippen LogP contribution in [-0.4, -0.2) is 30.1 Å². The van der Waals surface area contributed by atoms with Crippen molar-refractivity contribution in [3.05, 3.63) is 78.4 Å². The molecular formula is C24H20N2O5. The third-order valence-corrected chi connectivity index (χ3v) is 4.68. The Hall–Kier alpha value is -4.13. The Morgan fingerprint density at radius 1 is 0.968 bits per heavy atom. The number of methoxy groups -OCH3 is 1. The van der Waals surface area contributed by atoms with Gasteiger partial charge in [-0.3, -0.25) is 4.79 Å². The summed E-state index contributed by atoms with van der Waals surface area (Å²) < 4.78 is 16.3. The number of nitrogens with one attached hydrogen (secondary N) is 1. The van der Waals surface area contributed by atoms with E-state index in [4.69, 9.17) is 13.9 Å². The standard InChI is InChI=1S/C24H20N2O5/c1-15(22(27)25-16-11-13-17(29-2)14-12-16)30-24(28)19-8-4-3-7-18(19)23-26-20-9-5-6-10-21(20)31-23/h3-15H,1-2H3,(H,25,27). The SMILES string of the molecule is COc1ccc(NC(=O)C(C)OC(=O)c2ccccc2-c2nc3ccccc3o2)cc1. The second-order valence-corrected chi connectivity index (χ2v) is 6.80. The second-order valence-electron chi connectivity index (χ2n) is 6.80. The fraction of sp³-hybridized carbons (Fsp3) is 0.125. The fourth-order valence-corrected chi connectivity index (χ4v) is 3.03. The Balaban J connectivity index is 1.49. The summed E-state index contributed by atoms with van der Waals surface area (Å²) in [7, 11) is 1.56. The van der Waals surface area contributed by atoms with Gasteiger partial charge in [0.2, 0.25) is 5.89 Å². The Morgan fingerprint density at radius 3 is 2.42 bits per heavy atom. The molecule has 31 heavy (non-hydrogen) atoms. The van der Waals surface area contributed by atoms with Gasteiger partial charge in [0.05, 0.1) is 18.2 Å². The first-order chi connectivity index (χ1) is 15.0. The summed E-state index contributed by atoms with van der Waals surface area (Å²) in [5, 5.41) is 2.71. The molecule has 1 unspecified atom stereocenters. The molecule has 0 fully saturated rings. The molecule has 0 aliphatic carbocycles. The molecule has 156 valence electrons. The summed E-state index contributed by atoms with van der Waals surface area (Å²) in [4.78, 5) is 29.7. The number of fused-ring (bicyclic) bond motifs is 1. The number of carbonyl (C=O) groups is 2. The van der Waals surface area contributed by atoms with Gasteiger partial charge in [0.1, 0.15) is 11.3 Å². The van der Waals surface area contributed by atoms with E-state index in [1.165, 1.54) is 6.92 Å². The largest absolute Gasteiger partial charge is 0.497 e. The summed E-state index contributed by atoms with van der Waals surface area (Å²) in [5.74, 6) is -0.106. The van der Waals surface area contributed by atoms with Gasteiger partial charge in [-0.25, -0.2) is 9.78 Å². The molecule has 0 spiro atoms. The maximum atomic E-state index is 12.8. The number of hydrogen-bond acceptors (Lipinski definition) is 6. The molecule has 0 saturated carbocycles. The van der Waals surface area contributed by atoms with Crippen LogP contribution in [0.4, 0.5) is 5.69 Å². The molecule has 0 saturated heterocycles. The first-order valence-corrected chi connectivity index (χ1v) is 9.66. The summed E-state index contributed by atoms with van der Waals surface area (Å²) in [6.07, 6.45) is -1.01. The Morgan fingerprint density at radius 2 is 1.68 bits per heavy atom. The smallest absolute Gasteiger partial charge is 0.339 e.